The third-order valence-corrected chi connectivity index (χ3v) is 1.33. The zero-order valence-corrected chi connectivity index (χ0v) is 8.17. The lowest BCUT2D eigenvalue weighted by Crippen LogP contribution is -1.88. The summed E-state index contributed by atoms with van der Waals surface area (Å²) in [6.45, 7) is 6.94. The van der Waals surface area contributed by atoms with Crippen LogP contribution in [-0.4, -0.2) is 12.3 Å². The quantitative estimate of drug-likeness (QED) is 0.343. The van der Waals surface area contributed by atoms with Crippen molar-refractivity contribution in [3.63, 3.8) is 0 Å². The molecule has 12 heavy (non-hydrogen) atoms. The average Bonchev–Trinajstić information content (AvgIpc) is 2.05. The predicted octanol–water partition coefficient (Wildman–Crippen LogP) is 3.14. The molecule has 0 aromatic carbocycles. The molecule has 1 nitrogen and oxygen atoms in total. The number of nitrogens with zero attached hydrogens (tertiary/aromatic N) is 1. The summed E-state index contributed by atoms with van der Waals surface area (Å²) in [5.74, 6) is 0. The number of rotatable bonds is 4. The molecule has 66 valence electrons. The van der Waals surface area contributed by atoms with E-state index in [1.165, 1.54) is 5.71 Å². The Morgan fingerprint density at radius 1 is 1.50 bits per heavy atom. The van der Waals surface area contributed by atoms with Crippen molar-refractivity contribution >= 4 is 5.71 Å². The molecule has 0 fully saturated rings. The van der Waals surface area contributed by atoms with Gasteiger partial charge in [-0.1, -0.05) is 12.2 Å². The molecule has 0 unspecified atom stereocenters. The van der Waals surface area contributed by atoms with Gasteiger partial charge in [-0.3, -0.25) is 4.99 Å². The summed E-state index contributed by atoms with van der Waals surface area (Å²) in [5, 5.41) is 0. The molecule has 0 saturated heterocycles. The van der Waals surface area contributed by atoms with E-state index in [4.69, 9.17) is 0 Å². The Balaban J connectivity index is 3.81. The van der Waals surface area contributed by atoms with Gasteiger partial charge >= 0.3 is 0 Å². The molecule has 0 saturated carbocycles. The first-order chi connectivity index (χ1) is 5.81. The van der Waals surface area contributed by atoms with Gasteiger partial charge in [0.15, 0.2) is 0 Å². The summed E-state index contributed by atoms with van der Waals surface area (Å²) in [7, 11) is 0. The third-order valence-electron chi connectivity index (χ3n) is 1.33. The van der Waals surface area contributed by atoms with E-state index in [1.807, 2.05) is 45.1 Å². The highest BCUT2D eigenvalue weighted by molar-refractivity contribution is 5.83. The zero-order valence-electron chi connectivity index (χ0n) is 8.17. The van der Waals surface area contributed by atoms with Crippen LogP contribution in [0.4, 0.5) is 0 Å². The highest BCUT2D eigenvalue weighted by Crippen LogP contribution is 1.87. The number of allylic oxidation sites excluding steroid dienone is 3. The lowest BCUT2D eigenvalue weighted by Gasteiger charge is -1.90. The molecule has 0 heterocycles. The highest BCUT2D eigenvalue weighted by Gasteiger charge is 1.82. The molecule has 0 rings (SSSR count). The van der Waals surface area contributed by atoms with E-state index in [0.29, 0.717) is 0 Å². The van der Waals surface area contributed by atoms with Gasteiger partial charge < -0.3 is 0 Å². The lowest BCUT2D eigenvalue weighted by atomic mass is 10.3. The molecule has 0 N–H and O–H groups in total. The second-order valence-electron chi connectivity index (χ2n) is 2.48. The number of hydrogen-bond acceptors (Lipinski definition) is 1. The van der Waals surface area contributed by atoms with Crippen LogP contribution < -0.4 is 0 Å². The molecule has 0 atom stereocenters. The minimum atomic E-state index is 0.873. The Kier molecular flexibility index (Phi) is 7.31. The van der Waals surface area contributed by atoms with Crippen molar-refractivity contribution in [1.82, 2.24) is 0 Å². The maximum absolute atomic E-state index is 4.26. The van der Waals surface area contributed by atoms with Crippen molar-refractivity contribution in [2.75, 3.05) is 6.54 Å². The zero-order chi connectivity index (χ0) is 9.23. The molecule has 0 spiro atoms. The third kappa shape index (κ3) is 7.04. The van der Waals surface area contributed by atoms with Crippen molar-refractivity contribution in [3.05, 3.63) is 30.0 Å². The van der Waals surface area contributed by atoms with Gasteiger partial charge in [0, 0.05) is 18.7 Å². The van der Waals surface area contributed by atoms with Crippen molar-refractivity contribution < 1.29 is 0 Å². The van der Waals surface area contributed by atoms with E-state index in [-0.39, 0.29) is 0 Å². The lowest BCUT2D eigenvalue weighted by molar-refractivity contribution is 1.11. The van der Waals surface area contributed by atoms with Crippen LogP contribution in [0.2, 0.25) is 0 Å². The van der Waals surface area contributed by atoms with Crippen molar-refractivity contribution in [3.8, 4) is 0 Å². The van der Waals surface area contributed by atoms with Crippen LogP contribution in [0.3, 0.4) is 0 Å². The van der Waals surface area contributed by atoms with Crippen LogP contribution in [0.25, 0.3) is 0 Å². The van der Waals surface area contributed by atoms with Crippen LogP contribution >= 0.6 is 0 Å². The Labute approximate surface area is 75.2 Å². The fourth-order valence-corrected chi connectivity index (χ4v) is 0.761. The molecule has 0 radical (unpaired) electrons. The van der Waals surface area contributed by atoms with Crippen LogP contribution in [0.15, 0.2) is 35.0 Å². The molecule has 0 aliphatic carbocycles. The fraction of sp³-hybridized carbons (Fsp3) is 0.455. The molecule has 1 heteroatoms. The van der Waals surface area contributed by atoms with Crippen LogP contribution in [0, 0.1) is 0 Å². The Hall–Kier alpha value is -1.07. The van der Waals surface area contributed by atoms with Gasteiger partial charge in [-0.2, -0.15) is 0 Å². The van der Waals surface area contributed by atoms with Crippen LogP contribution in [-0.2, 0) is 0 Å². The van der Waals surface area contributed by atoms with Crippen LogP contribution in [0.5, 0.6) is 0 Å². The maximum Gasteiger partial charge on any atom is 0.0360 e. The normalized spacial score (nSPS) is 11.4. The topological polar surface area (TPSA) is 12.4 Å². The molecular formula is C11H17N. The monoisotopic (exact) mass is 163 g/mol. The van der Waals surface area contributed by atoms with E-state index < -0.39 is 0 Å². The summed E-state index contributed by atoms with van der Waals surface area (Å²) in [6.07, 6.45) is 8.74. The Bertz CT molecular complexity index is 215. The van der Waals surface area contributed by atoms with Gasteiger partial charge in [0.2, 0.25) is 0 Å². The minimum Gasteiger partial charge on any atom is -0.294 e. The van der Waals surface area contributed by atoms with Gasteiger partial charge in [0.1, 0.15) is 0 Å². The van der Waals surface area contributed by atoms with Gasteiger partial charge in [-0.15, -0.1) is 5.73 Å². The largest absolute Gasteiger partial charge is 0.294 e. The standard InChI is InChI=1S/C11H17N/c1-4-6-7-8-9-10-11(3)12-5-2/h4,6-7,9H,5,10H2,1-3H3/b6-4+,12-11?. The van der Waals surface area contributed by atoms with Gasteiger partial charge in [-0.05, 0) is 32.9 Å². The first kappa shape index (κ1) is 10.9. The molecule has 0 aromatic rings. The summed E-state index contributed by atoms with van der Waals surface area (Å²) >= 11 is 0. The number of hydrogen-bond donors (Lipinski definition) is 0. The SMILES string of the molecule is C/C=C/C=C=CCC(C)=NCC. The molecule has 0 aliphatic heterocycles. The molecule has 0 amide bonds. The fourth-order valence-electron chi connectivity index (χ4n) is 0.761. The van der Waals surface area contributed by atoms with Crippen molar-refractivity contribution in [2.24, 2.45) is 4.99 Å². The second kappa shape index (κ2) is 8.03. The first-order valence-electron chi connectivity index (χ1n) is 4.33. The average molecular weight is 163 g/mol. The molecule has 0 bridgehead atoms. The highest BCUT2D eigenvalue weighted by atomic mass is 14.7. The Morgan fingerprint density at radius 2 is 2.25 bits per heavy atom. The van der Waals surface area contributed by atoms with Crippen molar-refractivity contribution in [1.29, 1.82) is 0 Å². The van der Waals surface area contributed by atoms with E-state index in [1.54, 1.807) is 0 Å². The first-order valence-corrected chi connectivity index (χ1v) is 4.33. The molecular weight excluding hydrogens is 146 g/mol. The van der Waals surface area contributed by atoms with E-state index >= 15 is 0 Å². The van der Waals surface area contributed by atoms with Gasteiger partial charge in [0.25, 0.3) is 0 Å². The summed E-state index contributed by atoms with van der Waals surface area (Å²) < 4.78 is 0. The number of aliphatic imine (C=N–C) groups is 1. The molecule has 0 aliphatic rings. The smallest absolute Gasteiger partial charge is 0.0360 e. The molecule has 0 aromatic heterocycles. The van der Waals surface area contributed by atoms with Gasteiger partial charge in [0.05, 0.1) is 0 Å². The summed E-state index contributed by atoms with van der Waals surface area (Å²) in [5.41, 5.74) is 4.22. The Morgan fingerprint density at radius 3 is 2.83 bits per heavy atom. The summed E-state index contributed by atoms with van der Waals surface area (Å²) in [6, 6.07) is 0. The van der Waals surface area contributed by atoms with Gasteiger partial charge in [-0.25, -0.2) is 0 Å². The summed E-state index contributed by atoms with van der Waals surface area (Å²) in [4.78, 5) is 4.26. The van der Waals surface area contributed by atoms with E-state index in [0.717, 1.165) is 13.0 Å². The van der Waals surface area contributed by atoms with Crippen LogP contribution in [0.1, 0.15) is 27.2 Å². The maximum atomic E-state index is 4.26. The van der Waals surface area contributed by atoms with E-state index in [9.17, 15) is 0 Å². The minimum absolute atomic E-state index is 0.873. The predicted molar refractivity (Wildman–Crippen MR) is 55.7 cm³/mol. The van der Waals surface area contributed by atoms with E-state index in [2.05, 4.69) is 10.7 Å². The van der Waals surface area contributed by atoms with Crippen molar-refractivity contribution in [2.45, 2.75) is 27.2 Å². The second-order valence-corrected chi connectivity index (χ2v) is 2.48.